The lowest BCUT2D eigenvalue weighted by molar-refractivity contribution is 0.478. The molecule has 0 aromatic carbocycles. The summed E-state index contributed by atoms with van der Waals surface area (Å²) in [5, 5.41) is -0.677. The third-order valence-electron chi connectivity index (χ3n) is 1.74. The minimum atomic E-state index is -3.30. The van der Waals surface area contributed by atoms with E-state index < -0.39 is 15.3 Å². The SMILES string of the molecule is CNS(=O)(=O)C(C)c1ccc(Br)o1. The van der Waals surface area contributed by atoms with Crippen molar-refractivity contribution < 1.29 is 12.8 Å². The quantitative estimate of drug-likeness (QED) is 0.906. The average molecular weight is 268 g/mol. The van der Waals surface area contributed by atoms with E-state index in [0.717, 1.165) is 0 Å². The molecule has 13 heavy (non-hydrogen) atoms. The van der Waals surface area contributed by atoms with Gasteiger partial charge >= 0.3 is 0 Å². The molecular weight excluding hydrogens is 258 g/mol. The maximum atomic E-state index is 11.3. The molecular formula is C7H10BrNO3S. The summed E-state index contributed by atoms with van der Waals surface area (Å²) < 4.78 is 30.6. The van der Waals surface area contributed by atoms with Crippen LogP contribution in [0.5, 0.6) is 0 Å². The molecule has 1 aromatic heterocycles. The van der Waals surface area contributed by atoms with Crippen LogP contribution in [0.1, 0.15) is 17.9 Å². The molecule has 74 valence electrons. The van der Waals surface area contributed by atoms with Crippen molar-refractivity contribution in [2.24, 2.45) is 0 Å². The molecule has 1 unspecified atom stereocenters. The van der Waals surface area contributed by atoms with Gasteiger partial charge in [0, 0.05) is 0 Å². The summed E-state index contributed by atoms with van der Waals surface area (Å²) in [6.07, 6.45) is 0. The van der Waals surface area contributed by atoms with Gasteiger partial charge in [0.25, 0.3) is 0 Å². The van der Waals surface area contributed by atoms with Gasteiger partial charge in [0.1, 0.15) is 11.0 Å². The molecule has 0 spiro atoms. The van der Waals surface area contributed by atoms with Crippen LogP contribution in [0.4, 0.5) is 0 Å². The molecule has 0 saturated carbocycles. The van der Waals surface area contributed by atoms with Crippen LogP contribution >= 0.6 is 15.9 Å². The van der Waals surface area contributed by atoms with Crippen molar-refractivity contribution in [1.29, 1.82) is 0 Å². The van der Waals surface area contributed by atoms with Gasteiger partial charge in [-0.1, -0.05) is 0 Å². The van der Waals surface area contributed by atoms with E-state index >= 15 is 0 Å². The summed E-state index contributed by atoms with van der Waals surface area (Å²) in [7, 11) is -1.92. The number of hydrogen-bond donors (Lipinski definition) is 1. The van der Waals surface area contributed by atoms with Gasteiger partial charge < -0.3 is 4.42 Å². The summed E-state index contributed by atoms with van der Waals surface area (Å²) in [6.45, 7) is 1.57. The fraction of sp³-hybridized carbons (Fsp3) is 0.429. The van der Waals surface area contributed by atoms with Gasteiger partial charge in [-0.3, -0.25) is 0 Å². The molecule has 0 saturated heterocycles. The van der Waals surface area contributed by atoms with E-state index in [1.165, 1.54) is 7.05 Å². The van der Waals surface area contributed by atoms with E-state index in [0.29, 0.717) is 10.4 Å². The van der Waals surface area contributed by atoms with Gasteiger partial charge in [0.05, 0.1) is 0 Å². The van der Waals surface area contributed by atoms with Crippen LogP contribution in [0.25, 0.3) is 0 Å². The number of sulfonamides is 1. The highest BCUT2D eigenvalue weighted by Crippen LogP contribution is 2.24. The van der Waals surface area contributed by atoms with Crippen LogP contribution in [0, 0.1) is 0 Å². The maximum Gasteiger partial charge on any atom is 0.221 e. The highest BCUT2D eigenvalue weighted by atomic mass is 79.9. The highest BCUT2D eigenvalue weighted by Gasteiger charge is 2.23. The van der Waals surface area contributed by atoms with Gasteiger partial charge in [0.2, 0.25) is 10.0 Å². The van der Waals surface area contributed by atoms with Crippen LogP contribution in [0.15, 0.2) is 21.2 Å². The fourth-order valence-corrected chi connectivity index (χ4v) is 1.98. The van der Waals surface area contributed by atoms with Crippen molar-refractivity contribution in [3.8, 4) is 0 Å². The number of nitrogens with one attached hydrogen (secondary N) is 1. The number of halogens is 1. The van der Waals surface area contributed by atoms with E-state index in [1.54, 1.807) is 19.1 Å². The second-order valence-corrected chi connectivity index (χ2v) is 5.52. The molecule has 1 rings (SSSR count). The molecule has 0 fully saturated rings. The number of rotatable bonds is 3. The molecule has 0 radical (unpaired) electrons. The van der Waals surface area contributed by atoms with Crippen molar-refractivity contribution >= 4 is 26.0 Å². The van der Waals surface area contributed by atoms with E-state index in [2.05, 4.69) is 20.7 Å². The van der Waals surface area contributed by atoms with Crippen molar-refractivity contribution in [1.82, 2.24) is 4.72 Å². The molecule has 0 bridgehead atoms. The predicted octanol–water partition coefficient (Wildman–Crippen LogP) is 1.65. The van der Waals surface area contributed by atoms with Crippen molar-refractivity contribution in [2.75, 3.05) is 7.05 Å². The van der Waals surface area contributed by atoms with Crippen molar-refractivity contribution in [3.05, 3.63) is 22.6 Å². The summed E-state index contributed by atoms with van der Waals surface area (Å²) >= 11 is 3.11. The number of hydrogen-bond acceptors (Lipinski definition) is 3. The molecule has 1 aromatic rings. The Balaban J connectivity index is 2.98. The van der Waals surface area contributed by atoms with E-state index in [1.807, 2.05) is 0 Å². The summed E-state index contributed by atoms with van der Waals surface area (Å²) in [5.41, 5.74) is 0. The Morgan fingerprint density at radius 2 is 2.15 bits per heavy atom. The van der Waals surface area contributed by atoms with Gasteiger partial charge in [-0.2, -0.15) is 0 Å². The topological polar surface area (TPSA) is 59.3 Å². The average Bonchev–Trinajstić information content (AvgIpc) is 2.50. The Labute approximate surface area is 85.5 Å². The second-order valence-electron chi connectivity index (χ2n) is 2.53. The summed E-state index contributed by atoms with van der Waals surface area (Å²) in [6, 6.07) is 3.29. The van der Waals surface area contributed by atoms with Crippen LogP contribution in [-0.4, -0.2) is 15.5 Å². The van der Waals surface area contributed by atoms with Gasteiger partial charge in [0.15, 0.2) is 4.67 Å². The highest BCUT2D eigenvalue weighted by molar-refractivity contribution is 9.10. The smallest absolute Gasteiger partial charge is 0.221 e. The second kappa shape index (κ2) is 3.81. The van der Waals surface area contributed by atoms with Gasteiger partial charge in [-0.25, -0.2) is 13.1 Å². The first-order valence-corrected chi connectivity index (χ1v) is 5.99. The number of furan rings is 1. The first-order chi connectivity index (χ1) is 5.97. The Hall–Kier alpha value is -0.330. The lowest BCUT2D eigenvalue weighted by Crippen LogP contribution is -2.23. The molecule has 0 aliphatic carbocycles. The third kappa shape index (κ3) is 2.32. The maximum absolute atomic E-state index is 11.3. The van der Waals surface area contributed by atoms with Gasteiger partial charge in [-0.05, 0) is 42.0 Å². The molecule has 0 aliphatic rings. The zero-order valence-electron chi connectivity index (χ0n) is 7.24. The van der Waals surface area contributed by atoms with Crippen LogP contribution in [0.2, 0.25) is 0 Å². The summed E-state index contributed by atoms with van der Waals surface area (Å²) in [5.74, 6) is 0.418. The fourth-order valence-electron chi connectivity index (χ4n) is 0.876. The third-order valence-corrected chi connectivity index (χ3v) is 3.90. The van der Waals surface area contributed by atoms with Crippen molar-refractivity contribution in [3.63, 3.8) is 0 Å². The zero-order valence-corrected chi connectivity index (χ0v) is 9.65. The standard InChI is InChI=1S/C7H10BrNO3S/c1-5(13(10,11)9-2)6-3-4-7(8)12-6/h3-5,9H,1-2H3. The normalized spacial score (nSPS) is 14.4. The Bertz CT molecular complexity index is 384. The van der Waals surface area contributed by atoms with Crippen LogP contribution in [0.3, 0.4) is 0 Å². The van der Waals surface area contributed by atoms with Crippen LogP contribution < -0.4 is 4.72 Å². The monoisotopic (exact) mass is 267 g/mol. The van der Waals surface area contributed by atoms with E-state index in [-0.39, 0.29) is 0 Å². The largest absolute Gasteiger partial charge is 0.453 e. The molecule has 1 heterocycles. The minimum Gasteiger partial charge on any atom is -0.453 e. The Morgan fingerprint density at radius 1 is 1.54 bits per heavy atom. The first kappa shape index (κ1) is 10.7. The molecule has 1 N–H and O–H groups in total. The lowest BCUT2D eigenvalue weighted by Gasteiger charge is -2.07. The molecule has 6 heteroatoms. The first-order valence-electron chi connectivity index (χ1n) is 3.65. The molecule has 0 amide bonds. The minimum absolute atomic E-state index is 0.418. The lowest BCUT2D eigenvalue weighted by atomic mass is 10.4. The Morgan fingerprint density at radius 3 is 2.54 bits per heavy atom. The molecule has 0 aliphatic heterocycles. The Kier molecular flexibility index (Phi) is 3.15. The van der Waals surface area contributed by atoms with Crippen molar-refractivity contribution in [2.45, 2.75) is 12.2 Å². The summed E-state index contributed by atoms with van der Waals surface area (Å²) in [4.78, 5) is 0. The van der Waals surface area contributed by atoms with Gasteiger partial charge in [-0.15, -0.1) is 0 Å². The van der Waals surface area contributed by atoms with E-state index in [4.69, 9.17) is 4.42 Å². The zero-order chi connectivity index (χ0) is 10.1. The molecule has 1 atom stereocenters. The van der Waals surface area contributed by atoms with Crippen LogP contribution in [-0.2, 0) is 10.0 Å². The molecule has 4 nitrogen and oxygen atoms in total. The van der Waals surface area contributed by atoms with E-state index in [9.17, 15) is 8.42 Å². The predicted molar refractivity (Wildman–Crippen MR) is 52.8 cm³/mol.